The standard InChI is InChI=1S/C34H31N3O2/c1-38-35-26-39-36-31-20-14-27(15-21-31)12-13-28-16-22-33(23-17-28)37(32-10-6-3-7-11-32)34-24-18-30(19-25-34)29-8-4-2-5-9-29/h2-25,35-36H,26H2,1H3. The Morgan fingerprint density at radius 3 is 1.64 bits per heavy atom. The van der Waals surface area contributed by atoms with Crippen LogP contribution >= 0.6 is 0 Å². The van der Waals surface area contributed by atoms with Gasteiger partial charge in [0.2, 0.25) is 0 Å². The molecule has 39 heavy (non-hydrogen) atoms. The lowest BCUT2D eigenvalue weighted by Crippen LogP contribution is -2.18. The van der Waals surface area contributed by atoms with Crippen molar-refractivity contribution in [1.82, 2.24) is 5.48 Å². The molecule has 0 saturated carbocycles. The van der Waals surface area contributed by atoms with Crippen LogP contribution in [0.2, 0.25) is 0 Å². The molecule has 0 aliphatic rings. The number of rotatable bonds is 11. The van der Waals surface area contributed by atoms with E-state index in [1.807, 2.05) is 36.4 Å². The predicted octanol–water partition coefficient (Wildman–Crippen LogP) is 8.45. The molecule has 0 saturated heterocycles. The van der Waals surface area contributed by atoms with E-state index in [9.17, 15) is 0 Å². The number of nitrogens with zero attached hydrogens (tertiary/aromatic N) is 1. The molecule has 0 bridgehead atoms. The summed E-state index contributed by atoms with van der Waals surface area (Å²) in [7, 11) is 1.54. The molecule has 0 radical (unpaired) electrons. The van der Waals surface area contributed by atoms with Gasteiger partial charge in [-0.3, -0.25) is 10.3 Å². The van der Waals surface area contributed by atoms with Gasteiger partial charge in [0.1, 0.15) is 6.73 Å². The van der Waals surface area contributed by atoms with Crippen molar-refractivity contribution in [3.63, 3.8) is 0 Å². The fourth-order valence-electron chi connectivity index (χ4n) is 4.25. The van der Waals surface area contributed by atoms with Crippen LogP contribution in [0.15, 0.2) is 133 Å². The summed E-state index contributed by atoms with van der Waals surface area (Å²) >= 11 is 0. The Kier molecular flexibility index (Phi) is 8.79. The van der Waals surface area contributed by atoms with E-state index in [1.165, 1.54) is 11.1 Å². The number of hydrogen-bond acceptors (Lipinski definition) is 5. The maximum atomic E-state index is 5.24. The maximum absolute atomic E-state index is 5.24. The largest absolute Gasteiger partial charge is 0.311 e. The number of hydrogen-bond donors (Lipinski definition) is 2. The maximum Gasteiger partial charge on any atom is 0.147 e. The van der Waals surface area contributed by atoms with Crippen LogP contribution in [0.3, 0.4) is 0 Å². The van der Waals surface area contributed by atoms with Gasteiger partial charge in [-0.1, -0.05) is 97.1 Å². The normalized spacial score (nSPS) is 11.0. The molecule has 5 rings (SSSR count). The second kappa shape index (κ2) is 13.2. The summed E-state index contributed by atoms with van der Waals surface area (Å²) in [6.45, 7) is 0.245. The molecule has 0 fully saturated rings. The third-order valence-corrected chi connectivity index (χ3v) is 6.24. The van der Waals surface area contributed by atoms with Gasteiger partial charge in [0.25, 0.3) is 0 Å². The Morgan fingerprint density at radius 2 is 1.05 bits per heavy atom. The van der Waals surface area contributed by atoms with E-state index in [0.717, 1.165) is 33.9 Å². The molecule has 0 aliphatic heterocycles. The van der Waals surface area contributed by atoms with Gasteiger partial charge < -0.3 is 9.74 Å². The molecule has 194 valence electrons. The zero-order valence-corrected chi connectivity index (χ0v) is 21.8. The van der Waals surface area contributed by atoms with E-state index >= 15 is 0 Å². The number of nitrogens with one attached hydrogen (secondary N) is 2. The molecule has 0 spiro atoms. The van der Waals surface area contributed by atoms with Crippen LogP contribution in [-0.2, 0) is 9.68 Å². The zero-order valence-electron chi connectivity index (χ0n) is 21.8. The van der Waals surface area contributed by atoms with Crippen LogP contribution in [0.1, 0.15) is 11.1 Å². The molecule has 0 unspecified atom stereocenters. The molecule has 0 aromatic heterocycles. The molecule has 0 amide bonds. The van der Waals surface area contributed by atoms with Crippen molar-refractivity contribution >= 4 is 34.9 Å². The van der Waals surface area contributed by atoms with Crippen molar-refractivity contribution in [2.45, 2.75) is 0 Å². The number of para-hydroxylation sites is 1. The van der Waals surface area contributed by atoms with Gasteiger partial charge in [0, 0.05) is 17.1 Å². The van der Waals surface area contributed by atoms with E-state index in [2.05, 4.69) is 125 Å². The molecule has 5 aromatic rings. The Hall–Kier alpha value is -4.68. The summed E-state index contributed by atoms with van der Waals surface area (Å²) in [5.74, 6) is 0. The lowest BCUT2D eigenvalue weighted by Gasteiger charge is -2.25. The van der Waals surface area contributed by atoms with Gasteiger partial charge in [0.15, 0.2) is 0 Å². The van der Waals surface area contributed by atoms with Gasteiger partial charge in [-0.05, 0) is 70.8 Å². The molecular formula is C34H31N3O2. The quantitative estimate of drug-likeness (QED) is 0.0803. The zero-order chi connectivity index (χ0) is 26.7. The minimum absolute atomic E-state index is 0.245. The SMILES string of the molecule is CONCONc1ccc(C=Cc2ccc(N(c3ccccc3)c3ccc(-c4ccccc4)cc3)cc2)cc1. The minimum atomic E-state index is 0.245. The first-order valence-corrected chi connectivity index (χ1v) is 12.8. The minimum Gasteiger partial charge on any atom is -0.311 e. The number of benzene rings is 5. The monoisotopic (exact) mass is 513 g/mol. The topological polar surface area (TPSA) is 45.8 Å². The average Bonchev–Trinajstić information content (AvgIpc) is 3.01. The molecule has 0 aliphatic carbocycles. The Labute approximate surface area is 229 Å². The highest BCUT2D eigenvalue weighted by atomic mass is 16.7. The average molecular weight is 514 g/mol. The lowest BCUT2D eigenvalue weighted by molar-refractivity contribution is 0.0111. The van der Waals surface area contributed by atoms with Crippen molar-refractivity contribution in [1.29, 1.82) is 0 Å². The predicted molar refractivity (Wildman–Crippen MR) is 162 cm³/mol. The first kappa shape index (κ1) is 25.9. The summed E-state index contributed by atoms with van der Waals surface area (Å²) in [6.07, 6.45) is 4.22. The van der Waals surface area contributed by atoms with Crippen LogP contribution in [0, 0.1) is 0 Å². The summed E-state index contributed by atoms with van der Waals surface area (Å²) in [4.78, 5) is 12.2. The molecule has 2 N–H and O–H groups in total. The Balaban J connectivity index is 1.31. The van der Waals surface area contributed by atoms with E-state index < -0.39 is 0 Å². The van der Waals surface area contributed by atoms with Crippen molar-refractivity contribution in [3.8, 4) is 11.1 Å². The lowest BCUT2D eigenvalue weighted by atomic mass is 10.0. The molecular weight excluding hydrogens is 482 g/mol. The van der Waals surface area contributed by atoms with Gasteiger partial charge in [-0.25, -0.2) is 0 Å². The van der Waals surface area contributed by atoms with E-state index in [1.54, 1.807) is 7.11 Å². The van der Waals surface area contributed by atoms with Crippen molar-refractivity contribution in [3.05, 3.63) is 145 Å². The summed E-state index contributed by atoms with van der Waals surface area (Å²) < 4.78 is 0. The van der Waals surface area contributed by atoms with Crippen LogP contribution in [0.5, 0.6) is 0 Å². The van der Waals surface area contributed by atoms with Gasteiger partial charge >= 0.3 is 0 Å². The molecule has 5 heteroatoms. The van der Waals surface area contributed by atoms with Crippen LogP contribution in [-0.4, -0.2) is 13.8 Å². The van der Waals surface area contributed by atoms with Crippen molar-refractivity contribution in [2.75, 3.05) is 24.2 Å². The Morgan fingerprint density at radius 1 is 0.564 bits per heavy atom. The van der Waals surface area contributed by atoms with Crippen molar-refractivity contribution in [2.24, 2.45) is 0 Å². The molecule has 5 aromatic carbocycles. The second-order valence-corrected chi connectivity index (χ2v) is 8.87. The van der Waals surface area contributed by atoms with Crippen LogP contribution in [0.25, 0.3) is 23.3 Å². The molecule has 0 atom stereocenters. The second-order valence-electron chi connectivity index (χ2n) is 8.87. The number of hydroxylamine groups is 1. The Bertz CT molecular complexity index is 1450. The van der Waals surface area contributed by atoms with E-state index in [0.29, 0.717) is 0 Å². The summed E-state index contributed by atoms with van der Waals surface area (Å²) in [6, 6.07) is 46.3. The number of anilines is 4. The van der Waals surface area contributed by atoms with Crippen LogP contribution < -0.4 is 15.9 Å². The van der Waals surface area contributed by atoms with Gasteiger partial charge in [-0.2, -0.15) is 5.48 Å². The fraction of sp³-hybridized carbons (Fsp3) is 0.0588. The smallest absolute Gasteiger partial charge is 0.147 e. The molecule has 0 heterocycles. The highest BCUT2D eigenvalue weighted by Crippen LogP contribution is 2.35. The van der Waals surface area contributed by atoms with Crippen LogP contribution in [0.4, 0.5) is 22.7 Å². The third kappa shape index (κ3) is 7.00. The van der Waals surface area contributed by atoms with E-state index in [4.69, 9.17) is 9.68 Å². The third-order valence-electron chi connectivity index (χ3n) is 6.24. The van der Waals surface area contributed by atoms with Gasteiger partial charge in [0.05, 0.1) is 12.8 Å². The first-order chi connectivity index (χ1) is 19.3. The van der Waals surface area contributed by atoms with Gasteiger partial charge in [-0.15, -0.1) is 0 Å². The van der Waals surface area contributed by atoms with E-state index in [-0.39, 0.29) is 6.73 Å². The summed E-state index contributed by atoms with van der Waals surface area (Å²) in [5, 5.41) is 0. The summed E-state index contributed by atoms with van der Waals surface area (Å²) in [5.41, 5.74) is 14.3. The fourth-order valence-corrected chi connectivity index (χ4v) is 4.25. The van der Waals surface area contributed by atoms with Crippen molar-refractivity contribution < 1.29 is 9.68 Å². The highest BCUT2D eigenvalue weighted by Gasteiger charge is 2.12. The molecule has 5 nitrogen and oxygen atoms in total. The highest BCUT2D eigenvalue weighted by molar-refractivity contribution is 5.79. The first-order valence-electron chi connectivity index (χ1n) is 12.8.